The van der Waals surface area contributed by atoms with Crippen molar-refractivity contribution in [1.29, 1.82) is 0 Å². The largest absolute Gasteiger partial charge is 0.457 e. The molecule has 1 saturated heterocycles. The van der Waals surface area contributed by atoms with Crippen LogP contribution in [0.3, 0.4) is 0 Å². The Labute approximate surface area is 260 Å². The molecular weight excluding hydrogens is 574 g/mol. The van der Waals surface area contributed by atoms with Crippen molar-refractivity contribution in [2.75, 3.05) is 23.3 Å². The number of thiophene rings is 1. The van der Waals surface area contributed by atoms with Gasteiger partial charge in [0, 0.05) is 25.3 Å². The number of para-hydroxylation sites is 1. The van der Waals surface area contributed by atoms with E-state index < -0.39 is 0 Å². The van der Waals surface area contributed by atoms with Gasteiger partial charge in [0.2, 0.25) is 5.91 Å². The number of amides is 4. The normalized spacial score (nSPS) is 16.7. The van der Waals surface area contributed by atoms with E-state index in [1.807, 2.05) is 82.3 Å². The van der Waals surface area contributed by atoms with Gasteiger partial charge in [-0.1, -0.05) is 45.0 Å². The van der Waals surface area contributed by atoms with E-state index in [1.165, 1.54) is 11.3 Å². The number of aryl methyl sites for hydroxylation is 1. The molecule has 4 amide bonds. The zero-order valence-corrected chi connectivity index (χ0v) is 26.0. The van der Waals surface area contributed by atoms with Crippen LogP contribution in [0.25, 0.3) is 10.2 Å². The van der Waals surface area contributed by atoms with Crippen LogP contribution in [0.15, 0.2) is 72.9 Å². The van der Waals surface area contributed by atoms with E-state index in [-0.39, 0.29) is 29.3 Å². The fourth-order valence-electron chi connectivity index (χ4n) is 5.52. The van der Waals surface area contributed by atoms with Crippen molar-refractivity contribution < 1.29 is 19.1 Å². The fourth-order valence-corrected chi connectivity index (χ4v) is 6.55. The number of carbonyl (C=O) groups excluding carboxylic acids is 3. The minimum Gasteiger partial charge on any atom is -0.457 e. The highest BCUT2D eigenvalue weighted by Crippen LogP contribution is 2.46. The van der Waals surface area contributed by atoms with Crippen molar-refractivity contribution in [2.45, 2.75) is 46.6 Å². The van der Waals surface area contributed by atoms with Crippen molar-refractivity contribution in [3.8, 4) is 11.5 Å². The van der Waals surface area contributed by atoms with E-state index in [9.17, 15) is 14.4 Å². The Morgan fingerprint density at radius 1 is 1.09 bits per heavy atom. The molecule has 4 aromatic rings. The number of benzene rings is 2. The molecule has 0 bridgehead atoms. The number of ether oxygens (including phenoxy) is 1. The van der Waals surface area contributed by atoms with Gasteiger partial charge in [0.15, 0.2) is 0 Å². The number of urea groups is 1. The van der Waals surface area contributed by atoms with Crippen LogP contribution in [-0.2, 0) is 4.79 Å². The third kappa shape index (κ3) is 6.03. The monoisotopic (exact) mass is 609 g/mol. The Balaban J connectivity index is 1.24. The Morgan fingerprint density at radius 2 is 1.89 bits per heavy atom. The lowest BCUT2D eigenvalue weighted by atomic mass is 9.96. The molecule has 2 aliphatic rings. The average molecular weight is 610 g/mol. The number of hydrogen-bond donors (Lipinski definition) is 2. The highest BCUT2D eigenvalue weighted by Gasteiger charge is 2.34. The molecule has 2 N–H and O–H groups in total. The van der Waals surface area contributed by atoms with Crippen LogP contribution in [0.2, 0.25) is 0 Å². The first-order valence-corrected chi connectivity index (χ1v) is 15.5. The van der Waals surface area contributed by atoms with Gasteiger partial charge in [-0.15, -0.1) is 11.3 Å². The van der Waals surface area contributed by atoms with Gasteiger partial charge in [-0.05, 0) is 73.2 Å². The molecule has 6 rings (SSSR count). The minimum atomic E-state index is -0.364. The first-order valence-electron chi connectivity index (χ1n) is 14.7. The predicted octanol–water partition coefficient (Wildman–Crippen LogP) is 7.40. The molecule has 2 aromatic heterocycles. The van der Waals surface area contributed by atoms with E-state index in [4.69, 9.17) is 4.74 Å². The number of anilines is 3. The van der Waals surface area contributed by atoms with E-state index in [1.54, 1.807) is 28.1 Å². The van der Waals surface area contributed by atoms with Crippen LogP contribution in [0.4, 0.5) is 21.9 Å². The third-order valence-electron chi connectivity index (χ3n) is 7.63. The van der Waals surface area contributed by atoms with Crippen LogP contribution in [0, 0.1) is 12.3 Å². The number of aromatic nitrogens is 1. The molecule has 226 valence electrons. The van der Waals surface area contributed by atoms with Gasteiger partial charge < -0.3 is 20.3 Å². The van der Waals surface area contributed by atoms with E-state index >= 15 is 0 Å². The zero-order chi connectivity index (χ0) is 31.0. The molecule has 0 radical (unpaired) electrons. The molecule has 2 aliphatic heterocycles. The number of nitrogens with zero attached hydrogens (tertiary/aromatic N) is 3. The molecule has 10 heteroatoms. The molecule has 1 fully saturated rings. The summed E-state index contributed by atoms with van der Waals surface area (Å²) in [5, 5.41) is 6.80. The Kier molecular flexibility index (Phi) is 7.85. The lowest BCUT2D eigenvalue weighted by Gasteiger charge is -2.33. The molecule has 0 aliphatic carbocycles. The van der Waals surface area contributed by atoms with Crippen molar-refractivity contribution in [1.82, 2.24) is 15.2 Å². The Hall–Kier alpha value is -4.70. The topological polar surface area (TPSA) is 104 Å². The lowest BCUT2D eigenvalue weighted by molar-refractivity contribution is -0.127. The maximum absolute atomic E-state index is 13.6. The summed E-state index contributed by atoms with van der Waals surface area (Å²) in [6.45, 7) is 9.16. The summed E-state index contributed by atoms with van der Waals surface area (Å²) < 4.78 is 5.98. The van der Waals surface area contributed by atoms with Crippen LogP contribution in [-0.4, -0.2) is 46.9 Å². The van der Waals surface area contributed by atoms with Crippen LogP contribution >= 0.6 is 11.3 Å². The maximum atomic E-state index is 13.6. The number of pyridine rings is 1. The predicted molar refractivity (Wildman–Crippen MR) is 174 cm³/mol. The van der Waals surface area contributed by atoms with Crippen molar-refractivity contribution in [2.24, 2.45) is 5.41 Å². The SMILES string of the molecule is Cc1cc(Oc2ccccc2)ccc1N1C(=O)Nc2c(C(=O)N[C@@H]3CCCN(C(=O)/C=C/C(C)(C)C)C3)sc3nccc1c23. The highest BCUT2D eigenvalue weighted by molar-refractivity contribution is 7.21. The fraction of sp³-hybridized carbons (Fsp3) is 0.294. The first-order chi connectivity index (χ1) is 21.1. The molecule has 0 unspecified atom stereocenters. The van der Waals surface area contributed by atoms with Gasteiger partial charge in [-0.3, -0.25) is 14.5 Å². The second-order valence-electron chi connectivity index (χ2n) is 12.2. The maximum Gasteiger partial charge on any atom is 0.331 e. The first kappa shape index (κ1) is 29.4. The molecular formula is C34H35N5O4S. The van der Waals surface area contributed by atoms with Crippen LogP contribution < -0.4 is 20.3 Å². The summed E-state index contributed by atoms with van der Waals surface area (Å²) in [4.78, 5) is 49.0. The van der Waals surface area contributed by atoms with Crippen molar-refractivity contribution in [3.05, 3.63) is 83.4 Å². The second kappa shape index (κ2) is 11.8. The summed E-state index contributed by atoms with van der Waals surface area (Å²) in [5.41, 5.74) is 2.58. The second-order valence-corrected chi connectivity index (χ2v) is 13.2. The minimum absolute atomic E-state index is 0.0491. The molecule has 9 nitrogen and oxygen atoms in total. The molecule has 0 saturated carbocycles. The molecule has 44 heavy (non-hydrogen) atoms. The van der Waals surface area contributed by atoms with Crippen LogP contribution in [0.1, 0.15) is 48.8 Å². The smallest absolute Gasteiger partial charge is 0.331 e. The number of hydrogen-bond acceptors (Lipinski definition) is 6. The van der Waals surface area contributed by atoms with Gasteiger partial charge in [-0.25, -0.2) is 9.78 Å². The van der Waals surface area contributed by atoms with Gasteiger partial charge in [0.1, 0.15) is 21.2 Å². The average Bonchev–Trinajstić information content (AvgIpc) is 3.36. The van der Waals surface area contributed by atoms with Gasteiger partial charge in [0.25, 0.3) is 5.91 Å². The molecule has 1 atom stereocenters. The lowest BCUT2D eigenvalue weighted by Crippen LogP contribution is -2.49. The van der Waals surface area contributed by atoms with Gasteiger partial charge in [0.05, 0.1) is 22.4 Å². The van der Waals surface area contributed by atoms with Gasteiger partial charge >= 0.3 is 6.03 Å². The summed E-state index contributed by atoms with van der Waals surface area (Å²) >= 11 is 1.25. The number of rotatable bonds is 6. The summed E-state index contributed by atoms with van der Waals surface area (Å²) in [6.07, 6.45) is 6.75. The molecule has 0 spiro atoms. The quantitative estimate of drug-likeness (QED) is 0.222. The van der Waals surface area contributed by atoms with Crippen molar-refractivity contribution in [3.63, 3.8) is 0 Å². The number of allylic oxidation sites excluding steroid dienone is 1. The summed E-state index contributed by atoms with van der Waals surface area (Å²) in [5.74, 6) is 1.06. The molecule has 2 aromatic carbocycles. The summed E-state index contributed by atoms with van der Waals surface area (Å²) in [6, 6.07) is 16.3. The number of likely N-dealkylation sites (tertiary alicyclic amines) is 1. The van der Waals surface area contributed by atoms with Crippen molar-refractivity contribution >= 4 is 56.5 Å². The summed E-state index contributed by atoms with van der Waals surface area (Å²) in [7, 11) is 0. The number of piperidine rings is 1. The van der Waals surface area contributed by atoms with Crippen LogP contribution in [0.5, 0.6) is 11.5 Å². The Bertz CT molecular complexity index is 1780. The zero-order valence-electron chi connectivity index (χ0n) is 25.2. The van der Waals surface area contributed by atoms with E-state index in [2.05, 4.69) is 15.6 Å². The van der Waals surface area contributed by atoms with E-state index in [0.29, 0.717) is 45.6 Å². The number of carbonyl (C=O) groups is 3. The third-order valence-corrected chi connectivity index (χ3v) is 8.73. The highest BCUT2D eigenvalue weighted by atomic mass is 32.1. The Morgan fingerprint density at radius 3 is 2.64 bits per heavy atom. The number of nitrogens with one attached hydrogen (secondary N) is 2. The van der Waals surface area contributed by atoms with E-state index in [0.717, 1.165) is 29.5 Å². The molecule has 4 heterocycles. The van der Waals surface area contributed by atoms with Gasteiger partial charge in [-0.2, -0.15) is 0 Å². The standard InChI is InChI=1S/C34H35N5O4S/c1-21-19-24(43-23-10-6-5-7-11-23)12-13-25(21)39-26-15-17-35-32-28(26)29(37-33(39)42)30(44-32)31(41)36-22-9-8-18-38(20-22)27(40)14-16-34(2,3)4/h5-7,10-17,19,22H,8-9,18,20H2,1-4H3,(H,36,41)(H,37,42)/b16-14+/t22-/m1/s1.